The lowest BCUT2D eigenvalue weighted by Gasteiger charge is -2.21. The van der Waals surface area contributed by atoms with Crippen LogP contribution in [0.15, 0.2) is 54.9 Å². The molecule has 5 rings (SSSR count). The number of hydrogen-bond acceptors (Lipinski definition) is 8. The third-order valence-corrected chi connectivity index (χ3v) is 5.24. The summed E-state index contributed by atoms with van der Waals surface area (Å²) in [5.74, 6) is 1.25. The van der Waals surface area contributed by atoms with Crippen LogP contribution in [0.2, 0.25) is 0 Å². The molecule has 0 saturated carbocycles. The Kier molecular flexibility index (Phi) is 4.58. The largest absolute Gasteiger partial charge is 0.333 e. The highest BCUT2D eigenvalue weighted by Crippen LogP contribution is 2.29. The van der Waals surface area contributed by atoms with Crippen molar-refractivity contribution < 1.29 is 4.92 Å². The molecule has 0 atom stereocenters. The topological polar surface area (TPSA) is 136 Å². The van der Waals surface area contributed by atoms with Gasteiger partial charge in [-0.15, -0.1) is 5.10 Å². The van der Waals surface area contributed by atoms with Crippen LogP contribution in [0.3, 0.4) is 0 Å². The molecule has 160 valence electrons. The highest BCUT2D eigenvalue weighted by Gasteiger charge is 2.21. The van der Waals surface area contributed by atoms with Crippen molar-refractivity contribution in [1.29, 1.82) is 0 Å². The van der Waals surface area contributed by atoms with Gasteiger partial charge in [0.05, 0.1) is 10.6 Å². The molecule has 5 aromatic rings. The lowest BCUT2D eigenvalue weighted by molar-refractivity contribution is -0.383. The molecule has 0 radical (unpaired) electrons. The Labute approximate surface area is 181 Å². The van der Waals surface area contributed by atoms with E-state index in [4.69, 9.17) is 0 Å². The molecule has 4 aromatic heterocycles. The molecular formula is C20H18N10O2. The van der Waals surface area contributed by atoms with Crippen molar-refractivity contribution in [3.05, 3.63) is 70.7 Å². The minimum Gasteiger partial charge on any atom is -0.329 e. The summed E-state index contributed by atoms with van der Waals surface area (Å²) in [4.78, 5) is 17.2. The number of aromatic nitrogens is 8. The van der Waals surface area contributed by atoms with Gasteiger partial charge in [-0.1, -0.05) is 6.92 Å². The fourth-order valence-corrected chi connectivity index (χ4v) is 3.57. The Morgan fingerprint density at radius 2 is 2.03 bits per heavy atom. The van der Waals surface area contributed by atoms with Crippen LogP contribution in [0.4, 0.5) is 17.2 Å². The molecule has 0 aliphatic rings. The fraction of sp³-hybridized carbons (Fsp3) is 0.150. The number of hydrogen-bond donors (Lipinski definition) is 1. The second-order valence-electron chi connectivity index (χ2n) is 7.07. The van der Waals surface area contributed by atoms with Crippen molar-refractivity contribution in [2.24, 2.45) is 0 Å². The first-order valence-corrected chi connectivity index (χ1v) is 9.84. The van der Waals surface area contributed by atoms with Crippen molar-refractivity contribution in [1.82, 2.24) is 39.8 Å². The lowest BCUT2D eigenvalue weighted by atomic mass is 10.2. The van der Waals surface area contributed by atoms with Gasteiger partial charge in [-0.2, -0.15) is 9.61 Å². The second kappa shape index (κ2) is 7.58. The molecule has 0 spiro atoms. The van der Waals surface area contributed by atoms with Crippen molar-refractivity contribution in [3.63, 3.8) is 0 Å². The van der Waals surface area contributed by atoms with Gasteiger partial charge in [-0.05, 0) is 53.2 Å². The van der Waals surface area contributed by atoms with Gasteiger partial charge in [0.2, 0.25) is 5.65 Å². The second-order valence-corrected chi connectivity index (χ2v) is 7.07. The van der Waals surface area contributed by atoms with Crippen LogP contribution in [0.5, 0.6) is 0 Å². The van der Waals surface area contributed by atoms with Gasteiger partial charge in [-0.3, -0.25) is 10.1 Å². The Balaban J connectivity index is 1.53. The van der Waals surface area contributed by atoms with Crippen LogP contribution in [0.1, 0.15) is 12.6 Å². The normalized spacial score (nSPS) is 11.2. The zero-order valence-electron chi connectivity index (χ0n) is 17.2. The Bertz CT molecular complexity index is 1400. The number of anilines is 2. The van der Waals surface area contributed by atoms with Crippen molar-refractivity contribution >= 4 is 22.8 Å². The maximum Gasteiger partial charge on any atom is 0.333 e. The van der Waals surface area contributed by atoms with Crippen molar-refractivity contribution in [2.45, 2.75) is 13.3 Å². The van der Waals surface area contributed by atoms with Gasteiger partial charge in [0.15, 0.2) is 5.82 Å². The number of H-pyrrole nitrogens is 1. The summed E-state index contributed by atoms with van der Waals surface area (Å²) in [6.07, 6.45) is 3.80. The highest BCUT2D eigenvalue weighted by molar-refractivity contribution is 5.68. The summed E-state index contributed by atoms with van der Waals surface area (Å²) in [7, 11) is 1.89. The van der Waals surface area contributed by atoms with Crippen molar-refractivity contribution in [3.8, 4) is 17.2 Å². The van der Waals surface area contributed by atoms with E-state index in [0.717, 1.165) is 22.8 Å². The van der Waals surface area contributed by atoms with Gasteiger partial charge >= 0.3 is 5.69 Å². The fourth-order valence-electron chi connectivity index (χ4n) is 3.57. The van der Waals surface area contributed by atoms with Gasteiger partial charge in [-0.25, -0.2) is 10.1 Å². The number of rotatable bonds is 6. The maximum absolute atomic E-state index is 11.4. The number of aryl methyl sites for hydroxylation is 1. The van der Waals surface area contributed by atoms with E-state index in [9.17, 15) is 10.1 Å². The molecular weight excluding hydrogens is 412 g/mol. The summed E-state index contributed by atoms with van der Waals surface area (Å²) in [5.41, 5.74) is 3.51. The van der Waals surface area contributed by atoms with E-state index >= 15 is 0 Å². The first kappa shape index (κ1) is 19.4. The van der Waals surface area contributed by atoms with E-state index in [1.165, 1.54) is 10.7 Å². The summed E-state index contributed by atoms with van der Waals surface area (Å²) in [6, 6.07) is 13.6. The zero-order valence-corrected chi connectivity index (χ0v) is 17.2. The van der Waals surface area contributed by atoms with Gasteiger partial charge < -0.3 is 9.47 Å². The number of nitrogens with one attached hydrogen (secondary N) is 1. The van der Waals surface area contributed by atoms with E-state index in [2.05, 4.69) is 30.7 Å². The molecule has 0 unspecified atom stereocenters. The molecule has 1 N–H and O–H groups in total. The number of nitro groups is 1. The van der Waals surface area contributed by atoms with E-state index in [0.29, 0.717) is 18.1 Å². The standard InChI is InChI=1S/C20H18N10O2/c1-3-13-11-18(29-20(22-13)17(12-21-29)30(31)32)27(2)14-6-8-15(9-7-14)28-10-4-5-16(28)19-23-25-26-24-19/h4-12H,3H2,1-2H3,(H,23,24,25,26). The molecule has 0 aliphatic carbocycles. The molecule has 0 saturated heterocycles. The number of fused-ring (bicyclic) bond motifs is 1. The van der Waals surface area contributed by atoms with E-state index in [-0.39, 0.29) is 11.3 Å². The maximum atomic E-state index is 11.4. The molecule has 12 nitrogen and oxygen atoms in total. The third-order valence-electron chi connectivity index (χ3n) is 5.24. The minimum absolute atomic E-state index is 0.118. The average molecular weight is 430 g/mol. The predicted octanol–water partition coefficient (Wildman–Crippen LogP) is 2.94. The molecule has 0 amide bonds. The summed E-state index contributed by atoms with van der Waals surface area (Å²) < 4.78 is 3.47. The highest BCUT2D eigenvalue weighted by atomic mass is 16.6. The number of aromatic amines is 1. The minimum atomic E-state index is -0.466. The Morgan fingerprint density at radius 1 is 1.22 bits per heavy atom. The van der Waals surface area contributed by atoms with E-state index < -0.39 is 4.92 Å². The van der Waals surface area contributed by atoms with E-state index in [1.807, 2.05) is 72.1 Å². The Morgan fingerprint density at radius 3 is 2.72 bits per heavy atom. The lowest BCUT2D eigenvalue weighted by Crippen LogP contribution is -2.15. The number of benzene rings is 1. The molecule has 32 heavy (non-hydrogen) atoms. The smallest absolute Gasteiger partial charge is 0.329 e. The van der Waals surface area contributed by atoms with Crippen LogP contribution in [0.25, 0.3) is 22.9 Å². The molecule has 0 fully saturated rings. The predicted molar refractivity (Wildman–Crippen MR) is 116 cm³/mol. The SMILES string of the molecule is CCc1cc(N(C)c2ccc(-n3cccc3-c3nnn[nH]3)cc2)n2ncc([N+](=O)[O-])c2n1. The van der Waals surface area contributed by atoms with Crippen LogP contribution >= 0.6 is 0 Å². The molecule has 4 heterocycles. The van der Waals surface area contributed by atoms with Crippen LogP contribution in [-0.2, 0) is 6.42 Å². The number of tetrazole rings is 1. The van der Waals surface area contributed by atoms with Crippen LogP contribution in [-0.4, -0.2) is 51.8 Å². The van der Waals surface area contributed by atoms with E-state index in [1.54, 1.807) is 0 Å². The number of nitrogens with zero attached hydrogens (tertiary/aromatic N) is 9. The molecule has 0 bridgehead atoms. The quantitative estimate of drug-likeness (QED) is 0.321. The first-order chi connectivity index (χ1) is 15.6. The van der Waals surface area contributed by atoms with Gasteiger partial charge in [0.25, 0.3) is 0 Å². The van der Waals surface area contributed by atoms with Gasteiger partial charge in [0.1, 0.15) is 12.0 Å². The average Bonchev–Trinajstić information content (AvgIpc) is 3.57. The Hall–Kier alpha value is -4.61. The van der Waals surface area contributed by atoms with Crippen LogP contribution < -0.4 is 4.90 Å². The zero-order chi connectivity index (χ0) is 22.2. The summed E-state index contributed by atoms with van der Waals surface area (Å²) in [5, 5.41) is 29.6. The molecule has 1 aromatic carbocycles. The third kappa shape index (κ3) is 3.14. The summed E-state index contributed by atoms with van der Waals surface area (Å²) in [6.45, 7) is 1.96. The van der Waals surface area contributed by atoms with Gasteiger partial charge in [0, 0.05) is 36.4 Å². The molecule has 12 heteroatoms. The van der Waals surface area contributed by atoms with Crippen molar-refractivity contribution in [2.75, 3.05) is 11.9 Å². The molecule has 0 aliphatic heterocycles. The summed E-state index contributed by atoms with van der Waals surface area (Å²) >= 11 is 0. The first-order valence-electron chi connectivity index (χ1n) is 9.84. The van der Waals surface area contributed by atoms with Crippen LogP contribution in [0, 0.1) is 10.1 Å². The monoisotopic (exact) mass is 430 g/mol.